The van der Waals surface area contributed by atoms with Gasteiger partial charge in [0.05, 0.1) is 17.1 Å². The molecule has 0 aliphatic carbocycles. The summed E-state index contributed by atoms with van der Waals surface area (Å²) >= 11 is 1.94. The number of rotatable bonds is 11. The zero-order valence-corrected chi connectivity index (χ0v) is 70.3. The molecule has 118 heavy (non-hydrogen) atoms. The van der Waals surface area contributed by atoms with Gasteiger partial charge in [-0.15, -0.1) is 0 Å². The number of anilines is 9. The van der Waals surface area contributed by atoms with Gasteiger partial charge >= 0.3 is 0 Å². The van der Waals surface area contributed by atoms with Crippen LogP contribution in [-0.4, -0.2) is 13.4 Å². The lowest BCUT2D eigenvalue weighted by molar-refractivity contribution is 0.568. The fourth-order valence-corrected chi connectivity index (χ4v) is 20.1. The summed E-state index contributed by atoms with van der Waals surface area (Å²) in [6.45, 7) is 27.9. The van der Waals surface area contributed by atoms with Gasteiger partial charge in [0.25, 0.3) is 6.71 Å². The Balaban J connectivity index is 0.950. The zero-order chi connectivity index (χ0) is 80.7. The van der Waals surface area contributed by atoms with E-state index in [1.54, 1.807) is 0 Å². The molecule has 0 N–H and O–H groups in total. The molecule has 16 aromatic rings. The molecule has 0 amide bonds. The lowest BCUT2D eigenvalue weighted by Gasteiger charge is -2.47. The van der Waals surface area contributed by atoms with Gasteiger partial charge in [-0.1, -0.05) is 398 Å². The minimum Gasteiger partial charge on any atom is -0.311 e. The molecule has 16 aromatic carbocycles. The van der Waals surface area contributed by atoms with E-state index in [1.807, 2.05) is 11.8 Å². The molecular formula is C112H95B2N3S. The van der Waals surface area contributed by atoms with Gasteiger partial charge in [-0.2, -0.15) is 0 Å². The van der Waals surface area contributed by atoms with Crippen molar-refractivity contribution < 1.29 is 0 Å². The van der Waals surface area contributed by atoms with Gasteiger partial charge in [-0.05, 0) is 204 Å². The molecule has 0 fully saturated rings. The maximum Gasteiger partial charge on any atom is 0.252 e. The quantitative estimate of drug-likeness (QED) is 0.119. The lowest BCUT2D eigenvalue weighted by atomic mass is 9.30. The van der Waals surface area contributed by atoms with Crippen molar-refractivity contribution in [2.24, 2.45) is 0 Å². The maximum absolute atomic E-state index is 2.73. The molecule has 4 aliphatic rings. The fraction of sp³-hybridized carbons (Fsp3) is 0.143. The topological polar surface area (TPSA) is 9.72 Å². The van der Waals surface area contributed by atoms with Crippen molar-refractivity contribution in [3.05, 3.63) is 380 Å². The maximum atomic E-state index is 2.73. The summed E-state index contributed by atoms with van der Waals surface area (Å²) in [4.78, 5) is 10.6. The number of benzene rings is 16. The van der Waals surface area contributed by atoms with Crippen LogP contribution in [0, 0.1) is 0 Å². The average Bonchev–Trinajstić information content (AvgIpc) is 0.680. The second kappa shape index (κ2) is 28.6. The Hall–Kier alpha value is -12.6. The van der Waals surface area contributed by atoms with Gasteiger partial charge in [0.15, 0.2) is 0 Å². The molecule has 4 aliphatic heterocycles. The number of fused-ring (bicyclic) bond motifs is 8. The molecule has 3 nitrogen and oxygen atoms in total. The van der Waals surface area contributed by atoms with E-state index in [-0.39, 0.29) is 35.1 Å². The van der Waals surface area contributed by atoms with Crippen LogP contribution in [0.25, 0.3) is 89.0 Å². The van der Waals surface area contributed by atoms with Crippen molar-refractivity contribution in [2.45, 2.75) is 115 Å². The highest BCUT2D eigenvalue weighted by atomic mass is 32.2. The van der Waals surface area contributed by atoms with Gasteiger partial charge in [-0.3, -0.25) is 0 Å². The molecule has 0 radical (unpaired) electrons. The molecule has 0 saturated carbocycles. The van der Waals surface area contributed by atoms with E-state index in [1.165, 1.54) is 115 Å². The first-order valence-electron chi connectivity index (χ1n) is 41.9. The summed E-state index contributed by atoms with van der Waals surface area (Å²) in [5.41, 5.74) is 41.4. The predicted octanol–water partition coefficient (Wildman–Crippen LogP) is 27.1. The van der Waals surface area contributed by atoms with Gasteiger partial charge in [0.1, 0.15) is 0 Å². The summed E-state index contributed by atoms with van der Waals surface area (Å²) in [6.07, 6.45) is 0. The molecule has 0 unspecified atom stereocenters. The Kier molecular flexibility index (Phi) is 18.0. The molecular weight excluding hydrogens is 1440 g/mol. The van der Waals surface area contributed by atoms with E-state index in [2.05, 4.69) is 456 Å². The smallest absolute Gasteiger partial charge is 0.252 e. The average molecular weight is 1540 g/mol. The van der Waals surface area contributed by atoms with Crippen LogP contribution in [0.2, 0.25) is 0 Å². The molecule has 0 spiro atoms. The van der Waals surface area contributed by atoms with Crippen molar-refractivity contribution >= 4 is 109 Å². The van der Waals surface area contributed by atoms with E-state index in [9.17, 15) is 0 Å². The van der Waals surface area contributed by atoms with Crippen LogP contribution in [0.15, 0.2) is 368 Å². The van der Waals surface area contributed by atoms with Crippen molar-refractivity contribution in [2.75, 3.05) is 14.7 Å². The number of nitrogens with zero attached hydrogens (tertiary/aromatic N) is 3. The molecule has 0 atom stereocenters. The number of hydrogen-bond donors (Lipinski definition) is 0. The largest absolute Gasteiger partial charge is 0.311 e. The molecule has 6 heteroatoms. The molecule has 570 valence electrons. The van der Waals surface area contributed by atoms with Gasteiger partial charge in [0.2, 0.25) is 6.71 Å². The van der Waals surface area contributed by atoms with E-state index in [4.69, 9.17) is 0 Å². The Labute approximate surface area is 702 Å². The highest BCUT2D eigenvalue weighted by Gasteiger charge is 2.49. The molecule has 0 saturated heterocycles. The third-order valence-corrected chi connectivity index (χ3v) is 26.2. The third-order valence-electron chi connectivity index (χ3n) is 25.1. The predicted molar refractivity (Wildman–Crippen MR) is 509 cm³/mol. The van der Waals surface area contributed by atoms with Crippen molar-refractivity contribution in [1.29, 1.82) is 0 Å². The highest BCUT2D eigenvalue weighted by molar-refractivity contribution is 8.00. The molecule has 0 bridgehead atoms. The first-order valence-corrected chi connectivity index (χ1v) is 42.7. The van der Waals surface area contributed by atoms with Crippen LogP contribution in [0.1, 0.15) is 105 Å². The lowest BCUT2D eigenvalue weighted by Crippen LogP contribution is -2.64. The zero-order valence-electron chi connectivity index (χ0n) is 69.5. The SMILES string of the molecule is CC(C)(C)c1cc(-c2cc3c4c(c2)N(c2ccccc2-c2ccccc2)c2cc5c(cc2B4c2ccc(-c4ccccc4-c4ccccc4)cc2S3)B2c3ccc(-c4ccccc4)cc3N(c3ccccc3-c3ccccc3)c3cc(-c4cc(C(C)(C)C)cc(C(C)(C)C)c4)cc(c32)N5c2ccccc2-c2ccccc2)cc(C(C)(C)C)c1. The molecule has 20 rings (SSSR count). The van der Waals surface area contributed by atoms with Crippen LogP contribution in [0.4, 0.5) is 51.2 Å². The fourth-order valence-electron chi connectivity index (χ4n) is 18.8. The Morgan fingerprint density at radius 2 is 0.483 bits per heavy atom. The summed E-state index contributed by atoms with van der Waals surface area (Å²) in [7, 11) is 0. The van der Waals surface area contributed by atoms with Gasteiger partial charge in [0, 0.05) is 60.6 Å². The highest BCUT2D eigenvalue weighted by Crippen LogP contribution is 2.55. The van der Waals surface area contributed by atoms with Crippen LogP contribution in [-0.2, 0) is 21.7 Å². The van der Waals surface area contributed by atoms with Gasteiger partial charge in [-0.25, -0.2) is 0 Å². The first-order chi connectivity index (χ1) is 57.1. The second-order valence-electron chi connectivity index (χ2n) is 36.8. The minimum absolute atomic E-state index is 0.118. The Morgan fingerprint density at radius 1 is 0.186 bits per heavy atom. The first kappa shape index (κ1) is 74.2. The third kappa shape index (κ3) is 12.9. The minimum atomic E-state index is -0.278. The number of hydrogen-bond acceptors (Lipinski definition) is 4. The summed E-state index contributed by atoms with van der Waals surface area (Å²) in [5, 5.41) is 0. The summed E-state index contributed by atoms with van der Waals surface area (Å²) in [6, 6.07) is 137. The van der Waals surface area contributed by atoms with E-state index in [0.29, 0.717) is 0 Å². The van der Waals surface area contributed by atoms with Crippen molar-refractivity contribution in [1.82, 2.24) is 0 Å². The Morgan fingerprint density at radius 3 is 0.898 bits per heavy atom. The normalized spacial score (nSPS) is 13.3. The van der Waals surface area contributed by atoms with E-state index >= 15 is 0 Å². The molecule has 0 aromatic heterocycles. The number of para-hydroxylation sites is 3. The standard InChI is InChI=1S/C112H95B2N3S/c1-109(2,3)83-58-79(59-84(68-83)110(4,5)6)81-63-102-107-103(64-81)116(97-52-34-31-49-90(97)75-42-24-16-25-43-75)100-71-101-95(70-94(100)113(107)92-56-54-77(72-36-18-13-19-37-72)62-99(92)115(102)96-51-33-30-48-89(96)74-40-22-15-23-41-74)114-93-57-55-78(88-47-29-28-46-87(88)73-38-20-14-21-39-73)66-105(93)118-106-67-82(80-60-85(111(7,8)9)69-86(61-80)112(10,11)12)65-104(108(106)114)117(101)98-53-35-32-50-91(98)76-44-26-17-27-45-76/h13-71H,1-12H3. The summed E-state index contributed by atoms with van der Waals surface area (Å²) < 4.78 is 0. The Bertz CT molecular complexity index is 6580. The van der Waals surface area contributed by atoms with Crippen LogP contribution in [0.5, 0.6) is 0 Å². The van der Waals surface area contributed by atoms with E-state index in [0.717, 1.165) is 90.0 Å². The van der Waals surface area contributed by atoms with Crippen molar-refractivity contribution in [3.8, 4) is 89.0 Å². The van der Waals surface area contributed by atoms with Crippen LogP contribution in [0.3, 0.4) is 0 Å². The van der Waals surface area contributed by atoms with Crippen molar-refractivity contribution in [3.63, 3.8) is 0 Å². The van der Waals surface area contributed by atoms with Gasteiger partial charge < -0.3 is 14.7 Å². The monoisotopic (exact) mass is 1540 g/mol. The van der Waals surface area contributed by atoms with E-state index < -0.39 is 0 Å². The summed E-state index contributed by atoms with van der Waals surface area (Å²) in [5.74, 6) is 0. The van der Waals surface area contributed by atoms with Crippen LogP contribution < -0.4 is 47.5 Å². The molecule has 4 heterocycles. The second-order valence-corrected chi connectivity index (χ2v) is 37.9. The van der Waals surface area contributed by atoms with Crippen LogP contribution >= 0.6 is 11.8 Å².